The van der Waals surface area contributed by atoms with Crippen molar-refractivity contribution in [3.05, 3.63) is 0 Å². The molecular weight excluding hydrogens is 280 g/mol. The highest BCUT2D eigenvalue weighted by Crippen LogP contribution is 2.29. The lowest BCUT2D eigenvalue weighted by Gasteiger charge is -2.40. The lowest BCUT2D eigenvalue weighted by Crippen LogP contribution is -2.55. The van der Waals surface area contributed by atoms with Crippen LogP contribution >= 0.6 is 0 Å². The summed E-state index contributed by atoms with van der Waals surface area (Å²) >= 11 is 0. The van der Waals surface area contributed by atoms with E-state index in [2.05, 4.69) is 6.92 Å². The molecule has 0 aromatic heterocycles. The van der Waals surface area contributed by atoms with Crippen LogP contribution in [0.25, 0.3) is 0 Å². The smallest absolute Gasteiger partial charge is 0.308 e. The van der Waals surface area contributed by atoms with Gasteiger partial charge in [-0.1, -0.05) is 6.92 Å². The third-order valence-corrected chi connectivity index (χ3v) is 6.74. The quantitative estimate of drug-likeness (QED) is 0.848. The van der Waals surface area contributed by atoms with Gasteiger partial charge < -0.3 is 5.11 Å². The van der Waals surface area contributed by atoms with E-state index in [1.807, 2.05) is 0 Å². The second-order valence-electron chi connectivity index (χ2n) is 6.03. The van der Waals surface area contributed by atoms with Gasteiger partial charge in [0.25, 0.3) is 10.2 Å². The fraction of sp³-hybridized carbons (Fsp3) is 0.923. The molecule has 2 rings (SSSR count). The standard InChI is InChI=1S/C13H24N2O4S/c1-10-5-8-14(9-6-10)20(18,19)15-7-3-4-12(11(15)2)13(16)17/h10-12H,3-9H2,1-2H3,(H,16,17)/t11-,12-/m0/s1. The minimum Gasteiger partial charge on any atom is -0.481 e. The Bertz CT molecular complexity index is 457. The first-order valence-electron chi connectivity index (χ1n) is 7.33. The zero-order valence-corrected chi connectivity index (χ0v) is 13.0. The molecule has 116 valence electrons. The largest absolute Gasteiger partial charge is 0.481 e. The molecule has 0 aliphatic carbocycles. The Labute approximate surface area is 120 Å². The molecule has 0 radical (unpaired) electrons. The third-order valence-electron chi connectivity index (χ3n) is 4.61. The van der Waals surface area contributed by atoms with Crippen molar-refractivity contribution in [2.75, 3.05) is 19.6 Å². The molecular formula is C13H24N2O4S. The zero-order chi connectivity index (χ0) is 14.9. The van der Waals surface area contributed by atoms with Gasteiger partial charge in [-0.15, -0.1) is 0 Å². The number of carbonyl (C=O) groups is 1. The van der Waals surface area contributed by atoms with Crippen LogP contribution in [0.3, 0.4) is 0 Å². The van der Waals surface area contributed by atoms with E-state index in [0.717, 1.165) is 12.8 Å². The maximum absolute atomic E-state index is 12.7. The molecule has 0 aromatic rings. The van der Waals surface area contributed by atoms with E-state index in [-0.39, 0.29) is 0 Å². The first-order valence-corrected chi connectivity index (χ1v) is 8.73. The summed E-state index contributed by atoms with van der Waals surface area (Å²) in [5.74, 6) is -0.932. The molecule has 20 heavy (non-hydrogen) atoms. The molecule has 0 saturated carbocycles. The van der Waals surface area contributed by atoms with Crippen LogP contribution in [0, 0.1) is 11.8 Å². The Morgan fingerprint density at radius 3 is 2.25 bits per heavy atom. The molecule has 0 bridgehead atoms. The van der Waals surface area contributed by atoms with Crippen molar-refractivity contribution < 1.29 is 18.3 Å². The maximum Gasteiger partial charge on any atom is 0.308 e. The lowest BCUT2D eigenvalue weighted by atomic mass is 9.92. The van der Waals surface area contributed by atoms with Crippen LogP contribution in [0.1, 0.15) is 39.5 Å². The Morgan fingerprint density at radius 1 is 1.10 bits per heavy atom. The average molecular weight is 304 g/mol. The van der Waals surface area contributed by atoms with Crippen molar-refractivity contribution in [1.82, 2.24) is 8.61 Å². The van der Waals surface area contributed by atoms with Crippen LogP contribution in [0.5, 0.6) is 0 Å². The van der Waals surface area contributed by atoms with Gasteiger partial charge in [0.15, 0.2) is 0 Å². The number of carboxylic acid groups (broad SMARTS) is 1. The highest BCUT2D eigenvalue weighted by atomic mass is 32.2. The second-order valence-corrected chi connectivity index (χ2v) is 7.91. The first kappa shape index (κ1) is 15.7. The molecule has 0 unspecified atom stereocenters. The monoisotopic (exact) mass is 304 g/mol. The van der Waals surface area contributed by atoms with Crippen LogP contribution in [0.4, 0.5) is 0 Å². The van der Waals surface area contributed by atoms with E-state index in [1.54, 1.807) is 6.92 Å². The molecule has 2 saturated heterocycles. The molecule has 2 aliphatic rings. The van der Waals surface area contributed by atoms with Crippen LogP contribution in [0.2, 0.25) is 0 Å². The number of carboxylic acids is 1. The van der Waals surface area contributed by atoms with Gasteiger partial charge in [-0.3, -0.25) is 4.79 Å². The second kappa shape index (κ2) is 5.99. The lowest BCUT2D eigenvalue weighted by molar-refractivity contribution is -0.144. The molecule has 2 fully saturated rings. The summed E-state index contributed by atoms with van der Waals surface area (Å²) in [6.07, 6.45) is 2.93. The van der Waals surface area contributed by atoms with Crippen molar-refractivity contribution in [3.63, 3.8) is 0 Å². The highest BCUT2D eigenvalue weighted by molar-refractivity contribution is 7.86. The van der Waals surface area contributed by atoms with Gasteiger partial charge in [0.05, 0.1) is 5.92 Å². The summed E-state index contributed by atoms with van der Waals surface area (Å²) in [6.45, 7) is 5.37. The Hall–Kier alpha value is -0.660. The Kier molecular flexibility index (Phi) is 4.71. The topological polar surface area (TPSA) is 77.9 Å². The van der Waals surface area contributed by atoms with Gasteiger partial charge in [0.1, 0.15) is 0 Å². The van der Waals surface area contributed by atoms with E-state index in [9.17, 15) is 18.3 Å². The summed E-state index contributed by atoms with van der Waals surface area (Å²) < 4.78 is 28.3. The summed E-state index contributed by atoms with van der Waals surface area (Å²) in [4.78, 5) is 11.2. The van der Waals surface area contributed by atoms with Crippen molar-refractivity contribution in [3.8, 4) is 0 Å². The number of piperidine rings is 2. The van der Waals surface area contributed by atoms with E-state index < -0.39 is 28.1 Å². The van der Waals surface area contributed by atoms with E-state index in [1.165, 1.54) is 8.61 Å². The number of hydrogen-bond acceptors (Lipinski definition) is 3. The zero-order valence-electron chi connectivity index (χ0n) is 12.2. The summed E-state index contributed by atoms with van der Waals surface area (Å²) in [6, 6.07) is -0.467. The number of rotatable bonds is 3. The molecule has 7 heteroatoms. The van der Waals surface area contributed by atoms with Crippen LogP contribution in [-0.4, -0.2) is 53.8 Å². The summed E-state index contributed by atoms with van der Waals surface area (Å²) in [5, 5.41) is 9.20. The van der Waals surface area contributed by atoms with Crippen molar-refractivity contribution in [2.24, 2.45) is 11.8 Å². The minimum absolute atomic E-state index is 0.430. The van der Waals surface area contributed by atoms with Gasteiger partial charge in [-0.25, -0.2) is 0 Å². The molecule has 0 spiro atoms. The minimum atomic E-state index is -3.52. The van der Waals surface area contributed by atoms with E-state index >= 15 is 0 Å². The first-order chi connectivity index (χ1) is 9.34. The predicted molar refractivity (Wildman–Crippen MR) is 75.4 cm³/mol. The number of nitrogens with zero attached hydrogens (tertiary/aromatic N) is 2. The van der Waals surface area contributed by atoms with Crippen LogP contribution < -0.4 is 0 Å². The molecule has 2 aliphatic heterocycles. The van der Waals surface area contributed by atoms with Gasteiger partial charge >= 0.3 is 5.97 Å². The highest BCUT2D eigenvalue weighted by Gasteiger charge is 2.41. The molecule has 1 N–H and O–H groups in total. The van der Waals surface area contributed by atoms with Gasteiger partial charge in [0.2, 0.25) is 0 Å². The third kappa shape index (κ3) is 2.99. The molecule has 2 atom stereocenters. The molecule has 2 heterocycles. The average Bonchev–Trinajstić information content (AvgIpc) is 2.38. The fourth-order valence-electron chi connectivity index (χ4n) is 3.13. The molecule has 0 amide bonds. The van der Waals surface area contributed by atoms with E-state index in [4.69, 9.17) is 0 Å². The fourth-order valence-corrected chi connectivity index (χ4v) is 5.03. The van der Waals surface area contributed by atoms with Crippen LogP contribution in [0.15, 0.2) is 0 Å². The summed E-state index contributed by atoms with van der Waals surface area (Å²) in [7, 11) is -3.52. The van der Waals surface area contributed by atoms with Gasteiger partial charge in [0, 0.05) is 25.7 Å². The Balaban J connectivity index is 2.14. The van der Waals surface area contributed by atoms with Gasteiger partial charge in [-0.2, -0.15) is 17.0 Å². The summed E-state index contributed by atoms with van der Waals surface area (Å²) in [5.41, 5.74) is 0. The molecule has 0 aromatic carbocycles. The predicted octanol–water partition coefficient (Wildman–Crippen LogP) is 1.15. The normalized spacial score (nSPS) is 31.3. The van der Waals surface area contributed by atoms with Crippen molar-refractivity contribution in [2.45, 2.75) is 45.6 Å². The van der Waals surface area contributed by atoms with Crippen molar-refractivity contribution in [1.29, 1.82) is 0 Å². The number of aliphatic carboxylic acids is 1. The number of hydrogen-bond donors (Lipinski definition) is 1. The maximum atomic E-state index is 12.7. The molecule has 6 nitrogen and oxygen atoms in total. The van der Waals surface area contributed by atoms with Gasteiger partial charge in [-0.05, 0) is 38.5 Å². The van der Waals surface area contributed by atoms with E-state index in [0.29, 0.717) is 38.4 Å². The SMILES string of the molecule is CC1CCN(S(=O)(=O)N2CCC[C@H](C(=O)O)[C@@H]2C)CC1. The van der Waals surface area contributed by atoms with Crippen molar-refractivity contribution >= 4 is 16.2 Å². The van der Waals surface area contributed by atoms with Crippen LogP contribution in [-0.2, 0) is 15.0 Å². The Morgan fingerprint density at radius 2 is 1.70 bits per heavy atom.